The number of piperidine rings is 1. The highest BCUT2D eigenvalue weighted by molar-refractivity contribution is 5.80. The Labute approximate surface area is 160 Å². The molecule has 0 amide bonds. The Balaban J connectivity index is 1.81. The fourth-order valence-corrected chi connectivity index (χ4v) is 4.01. The summed E-state index contributed by atoms with van der Waals surface area (Å²) in [5.74, 6) is 1.73. The molecule has 152 valence electrons. The van der Waals surface area contributed by atoms with Crippen LogP contribution in [0.4, 0.5) is 0 Å². The summed E-state index contributed by atoms with van der Waals surface area (Å²) in [6.45, 7) is 19.3. The molecule has 0 bridgehead atoms. The van der Waals surface area contributed by atoms with Crippen LogP contribution in [0.15, 0.2) is 4.99 Å². The van der Waals surface area contributed by atoms with Gasteiger partial charge in [0.05, 0.1) is 19.8 Å². The standard InChI is InChI=1S/C20H41N5O/c1-6-21-20(22-13-17(4)25-11-12-26-15-18(25)5)23-19-7-9-24(10-8-19)14-16(2)3/h16-19H,6-15H2,1-5H3,(H2,21,22,23). The highest BCUT2D eigenvalue weighted by Crippen LogP contribution is 2.13. The van der Waals surface area contributed by atoms with E-state index in [1.165, 1.54) is 32.5 Å². The maximum atomic E-state index is 5.55. The van der Waals surface area contributed by atoms with Crippen LogP contribution in [0.25, 0.3) is 0 Å². The molecule has 6 nitrogen and oxygen atoms in total. The van der Waals surface area contributed by atoms with Crippen molar-refractivity contribution in [2.24, 2.45) is 10.9 Å². The molecule has 0 aliphatic carbocycles. The molecule has 2 atom stereocenters. The highest BCUT2D eigenvalue weighted by Gasteiger charge is 2.24. The van der Waals surface area contributed by atoms with E-state index in [1.807, 2.05) is 0 Å². The number of guanidine groups is 1. The fraction of sp³-hybridized carbons (Fsp3) is 0.950. The van der Waals surface area contributed by atoms with E-state index in [1.54, 1.807) is 0 Å². The zero-order valence-electron chi connectivity index (χ0n) is 17.6. The molecule has 2 heterocycles. The molecule has 0 aromatic heterocycles. The summed E-state index contributed by atoms with van der Waals surface area (Å²) in [6, 6.07) is 1.46. The average molecular weight is 368 g/mol. The number of likely N-dealkylation sites (tertiary alicyclic amines) is 1. The molecular formula is C20H41N5O. The van der Waals surface area contributed by atoms with E-state index in [0.29, 0.717) is 18.1 Å². The van der Waals surface area contributed by atoms with E-state index < -0.39 is 0 Å². The molecule has 6 heteroatoms. The monoisotopic (exact) mass is 367 g/mol. The average Bonchev–Trinajstić information content (AvgIpc) is 2.61. The van der Waals surface area contributed by atoms with Crippen molar-refractivity contribution < 1.29 is 4.74 Å². The lowest BCUT2D eigenvalue weighted by Crippen LogP contribution is -2.51. The number of aliphatic imine (C=N–C) groups is 1. The van der Waals surface area contributed by atoms with Gasteiger partial charge in [-0.3, -0.25) is 9.89 Å². The number of ether oxygens (including phenoxy) is 1. The third kappa shape index (κ3) is 7.05. The molecule has 0 radical (unpaired) electrons. The van der Waals surface area contributed by atoms with Crippen LogP contribution < -0.4 is 10.6 Å². The first kappa shape index (κ1) is 21.5. The van der Waals surface area contributed by atoms with E-state index in [2.05, 4.69) is 55.1 Å². The molecule has 2 unspecified atom stereocenters. The van der Waals surface area contributed by atoms with Crippen molar-refractivity contribution in [2.75, 3.05) is 52.5 Å². The number of morpholine rings is 1. The molecule has 0 aromatic rings. The van der Waals surface area contributed by atoms with Crippen LogP contribution in [-0.2, 0) is 4.74 Å². The molecule has 2 aliphatic heterocycles. The quantitative estimate of drug-likeness (QED) is 0.531. The first-order chi connectivity index (χ1) is 12.5. The van der Waals surface area contributed by atoms with Crippen molar-refractivity contribution in [2.45, 2.75) is 65.6 Å². The van der Waals surface area contributed by atoms with Crippen LogP contribution in [0.3, 0.4) is 0 Å². The molecule has 0 aromatic carbocycles. The normalized spacial score (nSPS) is 25.5. The summed E-state index contributed by atoms with van der Waals surface area (Å²) in [4.78, 5) is 9.99. The Bertz CT molecular complexity index is 420. The van der Waals surface area contributed by atoms with E-state index in [-0.39, 0.29) is 0 Å². The van der Waals surface area contributed by atoms with Crippen molar-refractivity contribution in [3.63, 3.8) is 0 Å². The second-order valence-electron chi connectivity index (χ2n) is 8.34. The lowest BCUT2D eigenvalue weighted by molar-refractivity contribution is -0.0165. The number of hydrogen-bond acceptors (Lipinski definition) is 4. The predicted molar refractivity (Wildman–Crippen MR) is 110 cm³/mol. The second-order valence-corrected chi connectivity index (χ2v) is 8.34. The van der Waals surface area contributed by atoms with Crippen molar-refractivity contribution in [3.8, 4) is 0 Å². The third-order valence-electron chi connectivity index (χ3n) is 5.39. The summed E-state index contributed by atoms with van der Waals surface area (Å²) in [7, 11) is 0. The van der Waals surface area contributed by atoms with Gasteiger partial charge in [0.25, 0.3) is 0 Å². The van der Waals surface area contributed by atoms with Gasteiger partial charge in [-0.1, -0.05) is 13.8 Å². The van der Waals surface area contributed by atoms with Gasteiger partial charge < -0.3 is 20.3 Å². The van der Waals surface area contributed by atoms with Crippen LogP contribution >= 0.6 is 0 Å². The number of nitrogens with zero attached hydrogens (tertiary/aromatic N) is 3. The van der Waals surface area contributed by atoms with E-state index in [9.17, 15) is 0 Å². The van der Waals surface area contributed by atoms with E-state index in [4.69, 9.17) is 9.73 Å². The van der Waals surface area contributed by atoms with Gasteiger partial charge in [-0.05, 0) is 39.5 Å². The van der Waals surface area contributed by atoms with Gasteiger partial charge >= 0.3 is 0 Å². The minimum Gasteiger partial charge on any atom is -0.379 e. The minimum absolute atomic E-state index is 0.442. The maximum Gasteiger partial charge on any atom is 0.191 e. The molecule has 2 rings (SSSR count). The van der Waals surface area contributed by atoms with Crippen molar-refractivity contribution in [3.05, 3.63) is 0 Å². The van der Waals surface area contributed by atoms with Crippen LogP contribution in [0.2, 0.25) is 0 Å². The number of nitrogens with one attached hydrogen (secondary N) is 2. The fourth-order valence-electron chi connectivity index (χ4n) is 4.01. The summed E-state index contributed by atoms with van der Waals surface area (Å²) >= 11 is 0. The van der Waals surface area contributed by atoms with Gasteiger partial charge in [-0.2, -0.15) is 0 Å². The Hall–Kier alpha value is -0.850. The summed E-state index contributed by atoms with van der Waals surface area (Å²) in [6.07, 6.45) is 2.40. The molecule has 2 saturated heterocycles. The molecule has 0 saturated carbocycles. The molecule has 2 fully saturated rings. The zero-order valence-corrected chi connectivity index (χ0v) is 17.6. The Morgan fingerprint density at radius 3 is 2.54 bits per heavy atom. The number of rotatable bonds is 7. The lowest BCUT2D eigenvalue weighted by Gasteiger charge is -2.37. The second kappa shape index (κ2) is 11.1. The smallest absolute Gasteiger partial charge is 0.191 e. The SMILES string of the molecule is CCNC(=NCC(C)N1CCOCC1C)NC1CCN(CC(C)C)CC1. The van der Waals surface area contributed by atoms with Gasteiger partial charge in [-0.15, -0.1) is 0 Å². The predicted octanol–water partition coefficient (Wildman–Crippen LogP) is 1.77. The van der Waals surface area contributed by atoms with Crippen molar-refractivity contribution in [1.82, 2.24) is 20.4 Å². The van der Waals surface area contributed by atoms with Gasteiger partial charge in [-0.25, -0.2) is 0 Å². The van der Waals surface area contributed by atoms with E-state index >= 15 is 0 Å². The van der Waals surface area contributed by atoms with Crippen LogP contribution in [0, 0.1) is 5.92 Å². The van der Waals surface area contributed by atoms with Gasteiger partial charge in [0, 0.05) is 50.8 Å². The molecule has 2 N–H and O–H groups in total. The molecular weight excluding hydrogens is 326 g/mol. The van der Waals surface area contributed by atoms with Gasteiger partial charge in [0.1, 0.15) is 0 Å². The molecule has 0 spiro atoms. The topological polar surface area (TPSA) is 52.1 Å². The van der Waals surface area contributed by atoms with Gasteiger partial charge in [0.2, 0.25) is 0 Å². The lowest BCUT2D eigenvalue weighted by atomic mass is 10.0. The minimum atomic E-state index is 0.442. The van der Waals surface area contributed by atoms with E-state index in [0.717, 1.165) is 44.7 Å². The van der Waals surface area contributed by atoms with Crippen molar-refractivity contribution in [1.29, 1.82) is 0 Å². The van der Waals surface area contributed by atoms with Gasteiger partial charge in [0.15, 0.2) is 5.96 Å². The Kier molecular flexibility index (Phi) is 9.16. The molecule has 2 aliphatic rings. The van der Waals surface area contributed by atoms with Crippen LogP contribution in [0.5, 0.6) is 0 Å². The Morgan fingerprint density at radius 1 is 1.19 bits per heavy atom. The first-order valence-corrected chi connectivity index (χ1v) is 10.6. The molecule has 26 heavy (non-hydrogen) atoms. The summed E-state index contributed by atoms with van der Waals surface area (Å²) < 4.78 is 5.55. The van der Waals surface area contributed by atoms with Crippen LogP contribution in [0.1, 0.15) is 47.5 Å². The first-order valence-electron chi connectivity index (χ1n) is 10.6. The third-order valence-corrected chi connectivity index (χ3v) is 5.39. The maximum absolute atomic E-state index is 5.55. The number of hydrogen-bond donors (Lipinski definition) is 2. The zero-order chi connectivity index (χ0) is 18.9. The highest BCUT2D eigenvalue weighted by atomic mass is 16.5. The Morgan fingerprint density at radius 2 is 1.92 bits per heavy atom. The van der Waals surface area contributed by atoms with Crippen molar-refractivity contribution >= 4 is 5.96 Å². The summed E-state index contributed by atoms with van der Waals surface area (Å²) in [5, 5.41) is 7.09. The van der Waals surface area contributed by atoms with Crippen LogP contribution in [-0.4, -0.2) is 86.4 Å². The largest absolute Gasteiger partial charge is 0.379 e. The summed E-state index contributed by atoms with van der Waals surface area (Å²) in [5.41, 5.74) is 0.